The van der Waals surface area contributed by atoms with Crippen molar-refractivity contribution in [2.24, 2.45) is 0 Å². The van der Waals surface area contributed by atoms with Gasteiger partial charge in [0.2, 0.25) is 0 Å². The van der Waals surface area contributed by atoms with Gasteiger partial charge >= 0.3 is 0 Å². The van der Waals surface area contributed by atoms with Crippen LogP contribution < -0.4 is 14.2 Å². The van der Waals surface area contributed by atoms with Crippen LogP contribution >= 0.6 is 0 Å². The molecule has 0 aliphatic carbocycles. The number of hydrogen-bond acceptors (Lipinski definition) is 7. The van der Waals surface area contributed by atoms with Gasteiger partial charge in [-0.2, -0.15) is 0 Å². The van der Waals surface area contributed by atoms with E-state index in [1.165, 1.54) is 6.07 Å². The van der Waals surface area contributed by atoms with E-state index in [2.05, 4.69) is 14.9 Å². The number of pyridine rings is 2. The third-order valence-electron chi connectivity index (χ3n) is 6.29. The second-order valence-electron chi connectivity index (χ2n) is 8.85. The molecule has 0 unspecified atom stereocenters. The molecular weight excluding hydrogens is 473 g/mol. The number of morpholine rings is 1. The second kappa shape index (κ2) is 12.0. The minimum atomic E-state index is -0.439. The van der Waals surface area contributed by atoms with Crippen molar-refractivity contribution in [3.8, 4) is 23.0 Å². The summed E-state index contributed by atoms with van der Waals surface area (Å²) in [5.74, 6) is 1.37. The van der Waals surface area contributed by atoms with Crippen molar-refractivity contribution in [3.63, 3.8) is 0 Å². The zero-order valence-corrected chi connectivity index (χ0v) is 20.9. The second-order valence-corrected chi connectivity index (χ2v) is 8.85. The lowest BCUT2D eigenvalue weighted by Crippen LogP contribution is -2.37. The lowest BCUT2D eigenvalue weighted by atomic mass is 10.1. The van der Waals surface area contributed by atoms with Crippen molar-refractivity contribution >= 4 is 10.9 Å². The highest BCUT2D eigenvalue weighted by molar-refractivity contribution is 5.88. The summed E-state index contributed by atoms with van der Waals surface area (Å²) in [5, 5.41) is 0.706. The smallest absolute Gasteiger partial charge is 0.166 e. The molecule has 1 saturated heterocycles. The molecule has 3 heterocycles. The Morgan fingerprint density at radius 3 is 2.59 bits per heavy atom. The Kier molecular flexibility index (Phi) is 8.08. The van der Waals surface area contributed by atoms with Crippen molar-refractivity contribution in [2.75, 3.05) is 46.6 Å². The first kappa shape index (κ1) is 24.9. The van der Waals surface area contributed by atoms with Crippen molar-refractivity contribution in [1.29, 1.82) is 0 Å². The molecule has 2 aromatic carbocycles. The molecule has 5 rings (SSSR count). The standard InChI is InChI=1S/C29H30FN3O4/c1-34-28-19-23-25(20-29(28)36-14-4-11-33-12-15-35-16-13-33)32-10-8-26(23)37-27-7-6-21(18-24(27)30)17-22-5-2-3-9-31-22/h2-3,5-10,18-20H,4,11-17H2,1H3. The van der Waals surface area contributed by atoms with E-state index in [0.29, 0.717) is 41.2 Å². The molecule has 0 atom stereocenters. The van der Waals surface area contributed by atoms with Crippen LogP contribution in [0.2, 0.25) is 0 Å². The van der Waals surface area contributed by atoms with E-state index in [-0.39, 0.29) is 5.75 Å². The zero-order chi connectivity index (χ0) is 25.5. The van der Waals surface area contributed by atoms with Crippen LogP contribution in [0.3, 0.4) is 0 Å². The van der Waals surface area contributed by atoms with Gasteiger partial charge in [0.05, 0.1) is 32.4 Å². The summed E-state index contributed by atoms with van der Waals surface area (Å²) in [7, 11) is 1.60. The van der Waals surface area contributed by atoms with Crippen molar-refractivity contribution < 1.29 is 23.3 Å². The molecule has 0 N–H and O–H groups in total. The summed E-state index contributed by atoms with van der Waals surface area (Å²) in [6.07, 6.45) is 4.81. The normalized spacial score (nSPS) is 14.0. The predicted molar refractivity (Wildman–Crippen MR) is 139 cm³/mol. The molecule has 192 valence electrons. The van der Waals surface area contributed by atoms with Gasteiger partial charge in [-0.25, -0.2) is 4.39 Å². The molecule has 1 aliphatic rings. The number of nitrogens with zero attached hydrogens (tertiary/aromatic N) is 3. The first-order valence-electron chi connectivity index (χ1n) is 12.5. The number of fused-ring (bicyclic) bond motifs is 1. The molecule has 1 fully saturated rings. The van der Waals surface area contributed by atoms with Crippen molar-refractivity contribution in [3.05, 3.63) is 84.1 Å². The highest BCUT2D eigenvalue weighted by Gasteiger charge is 2.15. The zero-order valence-electron chi connectivity index (χ0n) is 20.9. The summed E-state index contributed by atoms with van der Waals surface area (Å²) in [4.78, 5) is 11.1. The van der Waals surface area contributed by atoms with E-state index in [1.807, 2.05) is 36.4 Å². The van der Waals surface area contributed by atoms with E-state index < -0.39 is 5.82 Å². The Balaban J connectivity index is 1.29. The number of methoxy groups -OCH3 is 1. The average molecular weight is 504 g/mol. The van der Waals surface area contributed by atoms with Crippen LogP contribution in [0.25, 0.3) is 10.9 Å². The van der Waals surface area contributed by atoms with Crippen LogP contribution in [-0.4, -0.2) is 61.4 Å². The number of halogens is 1. The van der Waals surface area contributed by atoms with Crippen LogP contribution in [0.15, 0.2) is 67.0 Å². The Morgan fingerprint density at radius 1 is 0.919 bits per heavy atom. The van der Waals surface area contributed by atoms with Crippen LogP contribution in [0.1, 0.15) is 17.7 Å². The van der Waals surface area contributed by atoms with Crippen LogP contribution in [0.5, 0.6) is 23.0 Å². The fourth-order valence-electron chi connectivity index (χ4n) is 4.35. The maximum atomic E-state index is 14.9. The molecule has 8 heteroatoms. The molecule has 2 aromatic heterocycles. The maximum absolute atomic E-state index is 14.9. The van der Waals surface area contributed by atoms with Gasteiger partial charge in [0.25, 0.3) is 0 Å². The summed E-state index contributed by atoms with van der Waals surface area (Å²) >= 11 is 0. The van der Waals surface area contributed by atoms with Gasteiger partial charge in [-0.15, -0.1) is 0 Å². The highest BCUT2D eigenvalue weighted by atomic mass is 19.1. The number of hydrogen-bond donors (Lipinski definition) is 0. The van der Waals surface area contributed by atoms with Gasteiger partial charge < -0.3 is 18.9 Å². The average Bonchev–Trinajstić information content (AvgIpc) is 2.93. The molecule has 0 radical (unpaired) electrons. The SMILES string of the molecule is COc1cc2c(Oc3ccc(Cc4ccccn4)cc3F)ccnc2cc1OCCCN1CCOCC1. The Hall–Kier alpha value is -3.75. The minimum Gasteiger partial charge on any atom is -0.493 e. The first-order valence-corrected chi connectivity index (χ1v) is 12.5. The van der Waals surface area contributed by atoms with E-state index in [4.69, 9.17) is 18.9 Å². The number of ether oxygens (including phenoxy) is 4. The minimum absolute atomic E-state index is 0.139. The van der Waals surface area contributed by atoms with E-state index in [1.54, 1.807) is 31.6 Å². The van der Waals surface area contributed by atoms with Crippen LogP contribution in [-0.2, 0) is 11.2 Å². The van der Waals surface area contributed by atoms with Crippen LogP contribution in [0, 0.1) is 5.82 Å². The highest BCUT2D eigenvalue weighted by Crippen LogP contribution is 2.37. The van der Waals surface area contributed by atoms with Crippen molar-refractivity contribution in [2.45, 2.75) is 12.8 Å². The predicted octanol–water partition coefficient (Wildman–Crippen LogP) is 5.26. The summed E-state index contributed by atoms with van der Waals surface area (Å²) in [6, 6.07) is 16.0. The Labute approximate surface area is 215 Å². The molecule has 4 aromatic rings. The third kappa shape index (κ3) is 6.34. The van der Waals surface area contributed by atoms with E-state index in [9.17, 15) is 4.39 Å². The van der Waals surface area contributed by atoms with E-state index in [0.717, 1.165) is 50.5 Å². The lowest BCUT2D eigenvalue weighted by molar-refractivity contribution is 0.0357. The van der Waals surface area contributed by atoms with E-state index >= 15 is 0 Å². The third-order valence-corrected chi connectivity index (χ3v) is 6.29. The molecular formula is C29H30FN3O4. The summed E-state index contributed by atoms with van der Waals surface area (Å²) < 4.78 is 38.0. The Morgan fingerprint density at radius 2 is 1.81 bits per heavy atom. The summed E-state index contributed by atoms with van der Waals surface area (Å²) in [6.45, 7) is 5.01. The van der Waals surface area contributed by atoms with Crippen molar-refractivity contribution in [1.82, 2.24) is 14.9 Å². The van der Waals surface area contributed by atoms with Crippen LogP contribution in [0.4, 0.5) is 4.39 Å². The fourth-order valence-corrected chi connectivity index (χ4v) is 4.35. The van der Waals surface area contributed by atoms with Gasteiger partial charge in [-0.3, -0.25) is 14.9 Å². The van der Waals surface area contributed by atoms with Gasteiger partial charge in [-0.1, -0.05) is 12.1 Å². The fraction of sp³-hybridized carbons (Fsp3) is 0.310. The maximum Gasteiger partial charge on any atom is 0.166 e. The Bertz CT molecular complexity index is 1330. The number of aromatic nitrogens is 2. The first-order chi connectivity index (χ1) is 18.2. The van der Waals surface area contributed by atoms with Gasteiger partial charge in [0.15, 0.2) is 23.1 Å². The van der Waals surface area contributed by atoms with Gasteiger partial charge in [-0.05, 0) is 48.4 Å². The quantitative estimate of drug-likeness (QED) is 0.274. The number of benzene rings is 2. The largest absolute Gasteiger partial charge is 0.493 e. The van der Waals surface area contributed by atoms with Gasteiger partial charge in [0.1, 0.15) is 5.75 Å². The topological polar surface area (TPSA) is 65.9 Å². The molecule has 0 spiro atoms. The monoisotopic (exact) mass is 503 g/mol. The lowest BCUT2D eigenvalue weighted by Gasteiger charge is -2.26. The molecule has 0 saturated carbocycles. The molecule has 37 heavy (non-hydrogen) atoms. The summed E-state index contributed by atoms with van der Waals surface area (Å²) in [5.41, 5.74) is 2.37. The molecule has 0 bridgehead atoms. The molecule has 0 amide bonds. The van der Waals surface area contributed by atoms with Gasteiger partial charge in [0, 0.05) is 55.6 Å². The molecule has 1 aliphatic heterocycles. The molecule has 7 nitrogen and oxygen atoms in total. The number of rotatable bonds is 10.